The van der Waals surface area contributed by atoms with Crippen LogP contribution < -0.4 is 5.32 Å². The van der Waals surface area contributed by atoms with E-state index < -0.39 is 10.9 Å². The Kier molecular flexibility index (Phi) is 3.18. The standard InChI is InChI=1S/C12H14N2O4/c1-7-5-8(6-7)13-11-9(12(15)16)3-2-4-10(11)14(17)18/h2-4,7-8,13H,5-6H2,1H3,(H,15,16). The molecule has 1 aliphatic carbocycles. The van der Waals surface area contributed by atoms with Gasteiger partial charge >= 0.3 is 5.97 Å². The topological polar surface area (TPSA) is 92.5 Å². The molecule has 0 atom stereocenters. The molecule has 0 aliphatic heterocycles. The molecule has 18 heavy (non-hydrogen) atoms. The van der Waals surface area contributed by atoms with E-state index in [0.29, 0.717) is 5.92 Å². The van der Waals surface area contributed by atoms with Crippen LogP contribution in [0.2, 0.25) is 0 Å². The molecule has 6 heteroatoms. The minimum absolute atomic E-state index is 0.0521. The number of carbonyl (C=O) groups is 1. The summed E-state index contributed by atoms with van der Waals surface area (Å²) in [6.07, 6.45) is 1.82. The lowest BCUT2D eigenvalue weighted by Gasteiger charge is -2.34. The molecule has 0 heterocycles. The SMILES string of the molecule is CC1CC(Nc2c(C(=O)O)cccc2[N+](=O)[O-])C1. The van der Waals surface area contributed by atoms with Crippen molar-refractivity contribution in [1.29, 1.82) is 0 Å². The van der Waals surface area contributed by atoms with Gasteiger partial charge in [-0.2, -0.15) is 0 Å². The Labute approximate surface area is 104 Å². The van der Waals surface area contributed by atoms with Crippen LogP contribution in [0.1, 0.15) is 30.1 Å². The number of benzene rings is 1. The third kappa shape index (κ3) is 2.27. The highest BCUT2D eigenvalue weighted by atomic mass is 16.6. The number of para-hydroxylation sites is 1. The molecule has 0 unspecified atom stereocenters. The molecular formula is C12H14N2O4. The second-order valence-electron chi connectivity index (χ2n) is 4.68. The van der Waals surface area contributed by atoms with E-state index in [9.17, 15) is 14.9 Å². The van der Waals surface area contributed by atoms with Gasteiger partial charge in [0.05, 0.1) is 10.5 Å². The van der Waals surface area contributed by atoms with Crippen LogP contribution in [0.5, 0.6) is 0 Å². The molecule has 1 saturated carbocycles. The van der Waals surface area contributed by atoms with Crippen molar-refractivity contribution in [3.8, 4) is 0 Å². The summed E-state index contributed by atoms with van der Waals surface area (Å²) in [6.45, 7) is 2.09. The van der Waals surface area contributed by atoms with Gasteiger partial charge in [0.25, 0.3) is 5.69 Å². The number of hydrogen-bond acceptors (Lipinski definition) is 4. The molecule has 1 aliphatic rings. The molecule has 1 fully saturated rings. The predicted octanol–water partition coefficient (Wildman–Crippen LogP) is 2.50. The van der Waals surface area contributed by atoms with Crippen molar-refractivity contribution in [3.05, 3.63) is 33.9 Å². The minimum Gasteiger partial charge on any atom is -0.478 e. The van der Waals surface area contributed by atoms with E-state index in [1.165, 1.54) is 18.2 Å². The van der Waals surface area contributed by atoms with Crippen LogP contribution in [-0.2, 0) is 0 Å². The van der Waals surface area contributed by atoms with Crippen LogP contribution in [0.15, 0.2) is 18.2 Å². The molecule has 0 spiro atoms. The van der Waals surface area contributed by atoms with Crippen molar-refractivity contribution in [3.63, 3.8) is 0 Å². The van der Waals surface area contributed by atoms with Crippen molar-refractivity contribution in [1.82, 2.24) is 0 Å². The van der Waals surface area contributed by atoms with Gasteiger partial charge in [-0.1, -0.05) is 13.0 Å². The van der Waals surface area contributed by atoms with Crippen LogP contribution in [-0.4, -0.2) is 22.0 Å². The summed E-state index contributed by atoms with van der Waals surface area (Å²) < 4.78 is 0. The van der Waals surface area contributed by atoms with Gasteiger partial charge in [0.15, 0.2) is 0 Å². The Balaban J connectivity index is 2.34. The highest BCUT2D eigenvalue weighted by Gasteiger charge is 2.29. The fraction of sp³-hybridized carbons (Fsp3) is 0.417. The number of anilines is 1. The van der Waals surface area contributed by atoms with E-state index in [1.54, 1.807) is 0 Å². The van der Waals surface area contributed by atoms with E-state index in [1.807, 2.05) is 0 Å². The van der Waals surface area contributed by atoms with Crippen molar-refractivity contribution in [2.24, 2.45) is 5.92 Å². The van der Waals surface area contributed by atoms with E-state index in [0.717, 1.165) is 12.8 Å². The molecule has 1 aromatic carbocycles. The Hall–Kier alpha value is -2.11. The number of aromatic carboxylic acids is 1. The molecule has 96 valence electrons. The average Bonchev–Trinajstić information content (AvgIpc) is 2.26. The second-order valence-corrected chi connectivity index (χ2v) is 4.68. The normalized spacial score (nSPS) is 22.1. The Morgan fingerprint density at radius 2 is 2.17 bits per heavy atom. The third-order valence-corrected chi connectivity index (χ3v) is 3.19. The molecule has 0 amide bonds. The molecule has 2 N–H and O–H groups in total. The Bertz CT molecular complexity index is 463. The van der Waals surface area contributed by atoms with Crippen LogP contribution in [0.3, 0.4) is 0 Å². The zero-order valence-corrected chi connectivity index (χ0v) is 9.92. The zero-order valence-electron chi connectivity index (χ0n) is 9.92. The summed E-state index contributed by atoms with van der Waals surface area (Å²) >= 11 is 0. The van der Waals surface area contributed by atoms with E-state index in [-0.39, 0.29) is 23.0 Å². The first kappa shape index (κ1) is 12.3. The summed E-state index contributed by atoms with van der Waals surface area (Å²) in [5.74, 6) is -0.577. The van der Waals surface area contributed by atoms with Gasteiger partial charge in [0.2, 0.25) is 0 Å². The number of carboxylic acid groups (broad SMARTS) is 1. The van der Waals surface area contributed by atoms with Crippen LogP contribution in [0, 0.1) is 16.0 Å². The van der Waals surface area contributed by atoms with Gasteiger partial charge in [-0.05, 0) is 24.8 Å². The first-order valence-electron chi connectivity index (χ1n) is 5.76. The molecule has 6 nitrogen and oxygen atoms in total. The quantitative estimate of drug-likeness (QED) is 0.632. The van der Waals surface area contributed by atoms with Gasteiger partial charge in [0.1, 0.15) is 5.69 Å². The maximum Gasteiger partial charge on any atom is 0.338 e. The van der Waals surface area contributed by atoms with Crippen LogP contribution >= 0.6 is 0 Å². The van der Waals surface area contributed by atoms with Crippen molar-refractivity contribution < 1.29 is 14.8 Å². The Morgan fingerprint density at radius 1 is 1.50 bits per heavy atom. The number of nitrogens with one attached hydrogen (secondary N) is 1. The monoisotopic (exact) mass is 250 g/mol. The maximum atomic E-state index is 11.1. The number of nitro benzene ring substituents is 1. The summed E-state index contributed by atoms with van der Waals surface area (Å²) in [4.78, 5) is 21.4. The first-order valence-corrected chi connectivity index (χ1v) is 5.76. The number of nitrogens with zero attached hydrogens (tertiary/aromatic N) is 1. The summed E-state index contributed by atoms with van der Waals surface area (Å²) in [7, 11) is 0. The first-order chi connectivity index (χ1) is 8.49. The van der Waals surface area contributed by atoms with Gasteiger partial charge < -0.3 is 10.4 Å². The molecule has 0 radical (unpaired) electrons. The molecule has 2 rings (SSSR count). The molecule has 0 saturated heterocycles. The molecular weight excluding hydrogens is 236 g/mol. The fourth-order valence-electron chi connectivity index (χ4n) is 2.25. The van der Waals surface area contributed by atoms with Crippen molar-refractivity contribution >= 4 is 17.3 Å². The third-order valence-electron chi connectivity index (χ3n) is 3.19. The summed E-state index contributed by atoms with van der Waals surface area (Å²) in [5, 5.41) is 23.0. The van der Waals surface area contributed by atoms with E-state index in [2.05, 4.69) is 12.2 Å². The van der Waals surface area contributed by atoms with E-state index in [4.69, 9.17) is 5.11 Å². The van der Waals surface area contributed by atoms with Crippen molar-refractivity contribution in [2.45, 2.75) is 25.8 Å². The lowest BCUT2D eigenvalue weighted by atomic mass is 9.81. The lowest BCUT2D eigenvalue weighted by Crippen LogP contribution is -2.34. The smallest absolute Gasteiger partial charge is 0.338 e. The number of hydrogen-bond donors (Lipinski definition) is 2. The zero-order chi connectivity index (χ0) is 13.3. The predicted molar refractivity (Wildman–Crippen MR) is 65.9 cm³/mol. The fourth-order valence-corrected chi connectivity index (χ4v) is 2.25. The van der Waals surface area contributed by atoms with Gasteiger partial charge in [-0.25, -0.2) is 4.79 Å². The van der Waals surface area contributed by atoms with Gasteiger partial charge in [-0.3, -0.25) is 10.1 Å². The average molecular weight is 250 g/mol. The second kappa shape index (κ2) is 4.64. The highest BCUT2D eigenvalue weighted by Crippen LogP contribution is 2.34. The molecule has 0 aromatic heterocycles. The van der Waals surface area contributed by atoms with Gasteiger partial charge in [0, 0.05) is 12.1 Å². The van der Waals surface area contributed by atoms with Crippen LogP contribution in [0.4, 0.5) is 11.4 Å². The number of rotatable bonds is 4. The number of carboxylic acids is 1. The largest absolute Gasteiger partial charge is 0.478 e. The maximum absolute atomic E-state index is 11.1. The highest BCUT2D eigenvalue weighted by molar-refractivity contribution is 5.96. The molecule has 0 bridgehead atoms. The van der Waals surface area contributed by atoms with Crippen molar-refractivity contribution in [2.75, 3.05) is 5.32 Å². The Morgan fingerprint density at radius 3 is 2.67 bits per heavy atom. The summed E-state index contributed by atoms with van der Waals surface area (Å²) in [5.41, 5.74) is -0.120. The lowest BCUT2D eigenvalue weighted by molar-refractivity contribution is -0.384. The van der Waals surface area contributed by atoms with E-state index >= 15 is 0 Å². The molecule has 1 aromatic rings. The number of nitro groups is 1. The van der Waals surface area contributed by atoms with Gasteiger partial charge in [-0.15, -0.1) is 0 Å². The minimum atomic E-state index is -1.16. The van der Waals surface area contributed by atoms with Crippen LogP contribution in [0.25, 0.3) is 0 Å². The summed E-state index contributed by atoms with van der Waals surface area (Å²) in [6, 6.07) is 4.20.